The van der Waals surface area contributed by atoms with Crippen molar-refractivity contribution in [2.24, 2.45) is 0 Å². The van der Waals surface area contributed by atoms with Gasteiger partial charge in [0.2, 0.25) is 0 Å². The first kappa shape index (κ1) is 16.4. The van der Waals surface area contributed by atoms with E-state index in [0.29, 0.717) is 6.42 Å². The fourth-order valence-corrected chi connectivity index (χ4v) is 3.25. The number of para-hydroxylation sites is 3. The SMILES string of the molecule is CCC(=O)c1ccccc1N1CCN(c2ccccc2OC)CC1. The second-order valence-corrected chi connectivity index (χ2v) is 5.94. The van der Waals surface area contributed by atoms with Gasteiger partial charge in [0.05, 0.1) is 12.8 Å². The van der Waals surface area contributed by atoms with Crippen LogP contribution in [-0.2, 0) is 0 Å². The lowest BCUT2D eigenvalue weighted by Crippen LogP contribution is -2.47. The molecule has 1 aliphatic heterocycles. The largest absolute Gasteiger partial charge is 0.495 e. The second-order valence-electron chi connectivity index (χ2n) is 5.94. The third kappa shape index (κ3) is 3.23. The van der Waals surface area contributed by atoms with Crippen LogP contribution in [0.2, 0.25) is 0 Å². The molecule has 0 aliphatic carbocycles. The lowest BCUT2D eigenvalue weighted by Gasteiger charge is -2.38. The van der Waals surface area contributed by atoms with Crippen LogP contribution in [-0.4, -0.2) is 39.1 Å². The molecule has 0 unspecified atom stereocenters. The van der Waals surface area contributed by atoms with E-state index in [1.54, 1.807) is 7.11 Å². The van der Waals surface area contributed by atoms with Gasteiger partial charge in [-0.25, -0.2) is 0 Å². The standard InChI is InChI=1S/C20H24N2O2/c1-3-19(23)16-8-4-5-9-17(16)21-12-14-22(15-13-21)18-10-6-7-11-20(18)24-2/h4-11H,3,12-15H2,1-2H3. The van der Waals surface area contributed by atoms with Gasteiger partial charge in [0.1, 0.15) is 5.75 Å². The predicted octanol–water partition coefficient (Wildman–Crippen LogP) is 3.61. The van der Waals surface area contributed by atoms with E-state index in [9.17, 15) is 4.79 Å². The Balaban J connectivity index is 1.75. The minimum Gasteiger partial charge on any atom is -0.495 e. The van der Waals surface area contributed by atoms with Gasteiger partial charge in [0.15, 0.2) is 5.78 Å². The zero-order chi connectivity index (χ0) is 16.9. The number of ether oxygens (including phenoxy) is 1. The molecule has 3 rings (SSSR count). The summed E-state index contributed by atoms with van der Waals surface area (Å²) in [6.45, 7) is 5.53. The molecule has 0 saturated carbocycles. The molecular formula is C20H24N2O2. The molecule has 1 heterocycles. The number of ketones is 1. The van der Waals surface area contributed by atoms with Crippen molar-refractivity contribution >= 4 is 17.2 Å². The van der Waals surface area contributed by atoms with Crippen molar-refractivity contribution in [1.82, 2.24) is 0 Å². The summed E-state index contributed by atoms with van der Waals surface area (Å²) >= 11 is 0. The topological polar surface area (TPSA) is 32.8 Å². The van der Waals surface area contributed by atoms with Crippen molar-refractivity contribution in [2.45, 2.75) is 13.3 Å². The average molecular weight is 324 g/mol. The summed E-state index contributed by atoms with van der Waals surface area (Å²) in [4.78, 5) is 16.9. The summed E-state index contributed by atoms with van der Waals surface area (Å²) in [5, 5.41) is 0. The van der Waals surface area contributed by atoms with E-state index in [-0.39, 0.29) is 5.78 Å². The van der Waals surface area contributed by atoms with Gasteiger partial charge < -0.3 is 14.5 Å². The van der Waals surface area contributed by atoms with Crippen molar-refractivity contribution in [3.05, 3.63) is 54.1 Å². The Morgan fingerprint density at radius 1 is 0.917 bits per heavy atom. The van der Waals surface area contributed by atoms with Gasteiger partial charge >= 0.3 is 0 Å². The molecular weight excluding hydrogens is 300 g/mol. The molecule has 24 heavy (non-hydrogen) atoms. The number of methoxy groups -OCH3 is 1. The number of anilines is 2. The highest BCUT2D eigenvalue weighted by molar-refractivity contribution is 6.01. The van der Waals surface area contributed by atoms with Crippen molar-refractivity contribution in [2.75, 3.05) is 43.1 Å². The Morgan fingerprint density at radius 2 is 1.46 bits per heavy atom. The Bertz CT molecular complexity index is 706. The van der Waals surface area contributed by atoms with E-state index in [1.807, 2.05) is 43.3 Å². The number of piperazine rings is 1. The normalized spacial score (nSPS) is 14.6. The first-order valence-corrected chi connectivity index (χ1v) is 8.49. The molecule has 1 aliphatic rings. The molecule has 1 saturated heterocycles. The molecule has 4 heteroatoms. The summed E-state index contributed by atoms with van der Waals surface area (Å²) in [5.74, 6) is 1.12. The number of benzene rings is 2. The molecule has 0 radical (unpaired) electrons. The monoisotopic (exact) mass is 324 g/mol. The van der Waals surface area contributed by atoms with Gasteiger partial charge in [0.25, 0.3) is 0 Å². The van der Waals surface area contributed by atoms with Crippen LogP contribution in [0.15, 0.2) is 48.5 Å². The van der Waals surface area contributed by atoms with Crippen LogP contribution in [0, 0.1) is 0 Å². The van der Waals surface area contributed by atoms with Crippen LogP contribution >= 0.6 is 0 Å². The molecule has 4 nitrogen and oxygen atoms in total. The quantitative estimate of drug-likeness (QED) is 0.787. The van der Waals surface area contributed by atoms with Crippen LogP contribution in [0.3, 0.4) is 0 Å². The number of hydrogen-bond acceptors (Lipinski definition) is 4. The van der Waals surface area contributed by atoms with E-state index < -0.39 is 0 Å². The Morgan fingerprint density at radius 3 is 2.08 bits per heavy atom. The molecule has 2 aromatic rings. The summed E-state index contributed by atoms with van der Waals surface area (Å²) in [6.07, 6.45) is 0.540. The minimum atomic E-state index is 0.206. The number of Topliss-reactive ketones (excluding diaryl/α,β-unsaturated/α-hetero) is 1. The highest BCUT2D eigenvalue weighted by Crippen LogP contribution is 2.30. The molecule has 0 spiro atoms. The molecule has 0 atom stereocenters. The second kappa shape index (κ2) is 7.39. The maximum Gasteiger partial charge on any atom is 0.164 e. The van der Waals surface area contributed by atoms with Crippen LogP contribution in [0.25, 0.3) is 0 Å². The van der Waals surface area contributed by atoms with Crippen molar-refractivity contribution in [3.63, 3.8) is 0 Å². The Labute approximate surface area is 143 Å². The van der Waals surface area contributed by atoms with Gasteiger partial charge in [-0.3, -0.25) is 4.79 Å². The third-order valence-electron chi connectivity index (χ3n) is 4.57. The molecule has 0 amide bonds. The smallest absolute Gasteiger partial charge is 0.164 e. The number of nitrogens with zero attached hydrogens (tertiary/aromatic N) is 2. The van der Waals surface area contributed by atoms with E-state index in [0.717, 1.165) is 48.9 Å². The fourth-order valence-electron chi connectivity index (χ4n) is 3.25. The van der Waals surface area contributed by atoms with E-state index in [4.69, 9.17) is 4.74 Å². The number of hydrogen-bond donors (Lipinski definition) is 0. The van der Waals surface area contributed by atoms with Gasteiger partial charge in [-0.1, -0.05) is 31.2 Å². The summed E-state index contributed by atoms with van der Waals surface area (Å²) in [5.41, 5.74) is 3.03. The number of carbonyl (C=O) groups is 1. The van der Waals surface area contributed by atoms with Gasteiger partial charge in [-0.15, -0.1) is 0 Å². The number of carbonyl (C=O) groups excluding carboxylic acids is 1. The fraction of sp³-hybridized carbons (Fsp3) is 0.350. The van der Waals surface area contributed by atoms with Crippen LogP contribution < -0.4 is 14.5 Å². The first-order valence-electron chi connectivity index (χ1n) is 8.49. The van der Waals surface area contributed by atoms with Crippen molar-refractivity contribution in [3.8, 4) is 5.75 Å². The molecule has 0 N–H and O–H groups in total. The van der Waals surface area contributed by atoms with Gasteiger partial charge in [0, 0.05) is 43.9 Å². The summed E-state index contributed by atoms with van der Waals surface area (Å²) < 4.78 is 5.48. The lowest BCUT2D eigenvalue weighted by molar-refractivity contribution is 0.0988. The first-order chi connectivity index (χ1) is 11.7. The maximum atomic E-state index is 12.2. The summed E-state index contributed by atoms with van der Waals surface area (Å²) in [6, 6.07) is 16.1. The minimum absolute atomic E-state index is 0.206. The zero-order valence-corrected chi connectivity index (χ0v) is 14.4. The molecule has 1 fully saturated rings. The maximum absolute atomic E-state index is 12.2. The molecule has 0 bridgehead atoms. The highest BCUT2D eigenvalue weighted by atomic mass is 16.5. The Hall–Kier alpha value is -2.49. The average Bonchev–Trinajstić information content (AvgIpc) is 2.67. The third-order valence-corrected chi connectivity index (χ3v) is 4.57. The van der Waals surface area contributed by atoms with Gasteiger partial charge in [-0.2, -0.15) is 0 Å². The molecule has 126 valence electrons. The van der Waals surface area contributed by atoms with E-state index in [2.05, 4.69) is 21.9 Å². The van der Waals surface area contributed by atoms with Gasteiger partial charge in [-0.05, 0) is 24.3 Å². The molecule has 2 aromatic carbocycles. The zero-order valence-electron chi connectivity index (χ0n) is 14.4. The van der Waals surface area contributed by atoms with Crippen LogP contribution in [0.1, 0.15) is 23.7 Å². The van der Waals surface area contributed by atoms with E-state index in [1.165, 1.54) is 0 Å². The van der Waals surface area contributed by atoms with Crippen molar-refractivity contribution < 1.29 is 9.53 Å². The number of rotatable bonds is 5. The summed E-state index contributed by atoms with van der Waals surface area (Å²) in [7, 11) is 1.71. The van der Waals surface area contributed by atoms with E-state index >= 15 is 0 Å². The van der Waals surface area contributed by atoms with Crippen LogP contribution in [0.4, 0.5) is 11.4 Å². The predicted molar refractivity (Wildman–Crippen MR) is 98.5 cm³/mol. The molecule has 0 aromatic heterocycles. The lowest BCUT2D eigenvalue weighted by atomic mass is 10.0. The Kier molecular flexibility index (Phi) is 5.04. The van der Waals surface area contributed by atoms with Crippen LogP contribution in [0.5, 0.6) is 5.75 Å². The highest BCUT2D eigenvalue weighted by Gasteiger charge is 2.22. The van der Waals surface area contributed by atoms with Crippen molar-refractivity contribution in [1.29, 1.82) is 0 Å².